The first-order valence-electron chi connectivity index (χ1n) is 10.5. The first-order valence-corrected chi connectivity index (χ1v) is 10.5. The highest BCUT2D eigenvalue weighted by atomic mass is 16.3. The second-order valence-electron chi connectivity index (χ2n) is 7.94. The first kappa shape index (κ1) is 22.5. The van der Waals surface area contributed by atoms with Gasteiger partial charge in [-0.1, -0.05) is 0 Å². The van der Waals surface area contributed by atoms with Crippen molar-refractivity contribution in [1.82, 2.24) is 29.9 Å². The summed E-state index contributed by atoms with van der Waals surface area (Å²) in [5, 5.41) is 17.1. The number of rotatable bonds is 5. The molecule has 1 unspecified atom stereocenters. The number of aromatic nitrogens is 3. The zero-order chi connectivity index (χ0) is 22.4. The van der Waals surface area contributed by atoms with Crippen LogP contribution in [0.4, 0.5) is 0 Å². The van der Waals surface area contributed by atoms with Crippen molar-refractivity contribution in [3.05, 3.63) is 41.0 Å². The van der Waals surface area contributed by atoms with Gasteiger partial charge in [0.2, 0.25) is 0 Å². The second-order valence-corrected chi connectivity index (χ2v) is 7.94. The smallest absolute Gasteiger partial charge is 0.290 e. The van der Waals surface area contributed by atoms with Gasteiger partial charge in [0.15, 0.2) is 5.69 Å². The molecule has 1 atom stereocenters. The van der Waals surface area contributed by atoms with Crippen molar-refractivity contribution in [1.29, 1.82) is 0 Å². The SMILES string of the molecule is CN1CCCC1CCNC(=O)c1n[nH]c2c1CCN(C(=O)c1cccn1C)C2.O=CO. The van der Waals surface area contributed by atoms with Crippen LogP contribution in [0.2, 0.25) is 0 Å². The number of carbonyl (C=O) groups is 3. The molecule has 10 nitrogen and oxygen atoms in total. The van der Waals surface area contributed by atoms with Gasteiger partial charge in [-0.2, -0.15) is 5.10 Å². The van der Waals surface area contributed by atoms with E-state index < -0.39 is 0 Å². The van der Waals surface area contributed by atoms with E-state index in [1.807, 2.05) is 29.9 Å². The summed E-state index contributed by atoms with van der Waals surface area (Å²) in [6, 6.07) is 4.25. The van der Waals surface area contributed by atoms with Crippen LogP contribution in [0.5, 0.6) is 0 Å². The summed E-state index contributed by atoms with van der Waals surface area (Å²) in [7, 11) is 4.01. The summed E-state index contributed by atoms with van der Waals surface area (Å²) in [6.45, 7) is 2.59. The van der Waals surface area contributed by atoms with Gasteiger partial charge in [0.25, 0.3) is 18.3 Å². The van der Waals surface area contributed by atoms with Crippen LogP contribution in [-0.4, -0.2) is 80.7 Å². The van der Waals surface area contributed by atoms with E-state index in [1.54, 1.807) is 4.90 Å². The van der Waals surface area contributed by atoms with Gasteiger partial charge in [0.1, 0.15) is 5.69 Å². The molecule has 4 rings (SSSR count). The Morgan fingerprint density at radius 1 is 1.35 bits per heavy atom. The Labute approximate surface area is 181 Å². The van der Waals surface area contributed by atoms with Crippen molar-refractivity contribution in [2.45, 2.75) is 38.3 Å². The van der Waals surface area contributed by atoms with E-state index in [0.717, 1.165) is 24.2 Å². The molecular formula is C21H30N6O4. The van der Waals surface area contributed by atoms with E-state index in [2.05, 4.69) is 27.5 Å². The van der Waals surface area contributed by atoms with Crippen molar-refractivity contribution >= 4 is 18.3 Å². The molecule has 0 aromatic carbocycles. The van der Waals surface area contributed by atoms with Gasteiger partial charge < -0.3 is 24.8 Å². The fourth-order valence-electron chi connectivity index (χ4n) is 4.30. The number of amides is 2. The molecule has 2 aromatic heterocycles. The highest BCUT2D eigenvalue weighted by Gasteiger charge is 2.29. The van der Waals surface area contributed by atoms with Crippen LogP contribution in [0.15, 0.2) is 18.3 Å². The summed E-state index contributed by atoms with van der Waals surface area (Å²) in [6.07, 6.45) is 5.91. The molecule has 168 valence electrons. The van der Waals surface area contributed by atoms with Gasteiger partial charge in [0.05, 0.1) is 12.2 Å². The fourth-order valence-corrected chi connectivity index (χ4v) is 4.30. The molecule has 0 aliphatic carbocycles. The average molecular weight is 431 g/mol. The van der Waals surface area contributed by atoms with E-state index in [-0.39, 0.29) is 18.3 Å². The maximum absolute atomic E-state index is 12.7. The van der Waals surface area contributed by atoms with Crippen LogP contribution in [0.1, 0.15) is 51.5 Å². The van der Waals surface area contributed by atoms with E-state index in [0.29, 0.717) is 43.5 Å². The van der Waals surface area contributed by atoms with Gasteiger partial charge in [0, 0.05) is 37.9 Å². The maximum atomic E-state index is 12.7. The maximum Gasteiger partial charge on any atom is 0.290 e. The Morgan fingerprint density at radius 3 is 2.77 bits per heavy atom. The van der Waals surface area contributed by atoms with Crippen molar-refractivity contribution in [3.63, 3.8) is 0 Å². The van der Waals surface area contributed by atoms with E-state index in [9.17, 15) is 9.59 Å². The predicted molar refractivity (Wildman–Crippen MR) is 114 cm³/mol. The minimum absolute atomic E-state index is 0.000523. The number of likely N-dealkylation sites (tertiary alicyclic amines) is 1. The van der Waals surface area contributed by atoms with Gasteiger partial charge >= 0.3 is 0 Å². The van der Waals surface area contributed by atoms with Crippen molar-refractivity contribution in [3.8, 4) is 0 Å². The average Bonchev–Trinajstić information content (AvgIpc) is 3.47. The summed E-state index contributed by atoms with van der Waals surface area (Å²) in [5.41, 5.74) is 2.93. The standard InChI is InChI=1S/C20H28N6O2.CH2O2/c1-24-10-3-5-14(24)7-9-21-19(27)18-15-8-12-26(13-16(15)22-23-18)20(28)17-6-4-11-25(17)2;2-1-3/h4,6,11,14H,3,5,7-10,12-13H2,1-2H3,(H,21,27)(H,22,23);1H,(H,2,3). The minimum Gasteiger partial charge on any atom is -0.483 e. The Morgan fingerprint density at radius 2 is 2.13 bits per heavy atom. The van der Waals surface area contributed by atoms with E-state index in [4.69, 9.17) is 9.90 Å². The van der Waals surface area contributed by atoms with Gasteiger partial charge in [-0.15, -0.1) is 0 Å². The molecule has 3 N–H and O–H groups in total. The number of hydrogen-bond acceptors (Lipinski definition) is 5. The predicted octanol–water partition coefficient (Wildman–Crippen LogP) is 0.862. The van der Waals surface area contributed by atoms with Crippen molar-refractivity contribution in [2.75, 3.05) is 26.7 Å². The third-order valence-electron chi connectivity index (χ3n) is 6.03. The lowest BCUT2D eigenvalue weighted by Crippen LogP contribution is -2.37. The van der Waals surface area contributed by atoms with Crippen LogP contribution < -0.4 is 5.32 Å². The van der Waals surface area contributed by atoms with Gasteiger partial charge in [-0.3, -0.25) is 19.5 Å². The molecule has 0 spiro atoms. The summed E-state index contributed by atoms with van der Waals surface area (Å²) in [4.78, 5) is 37.8. The third-order valence-corrected chi connectivity index (χ3v) is 6.03. The number of aryl methyl sites for hydroxylation is 1. The number of H-pyrrole nitrogens is 1. The Balaban J connectivity index is 0.000000858. The first-order chi connectivity index (χ1) is 15.0. The number of aromatic amines is 1. The lowest BCUT2D eigenvalue weighted by Gasteiger charge is -2.27. The highest BCUT2D eigenvalue weighted by Crippen LogP contribution is 2.22. The lowest BCUT2D eigenvalue weighted by atomic mass is 10.0. The van der Waals surface area contributed by atoms with Crippen molar-refractivity contribution in [2.24, 2.45) is 7.05 Å². The van der Waals surface area contributed by atoms with Crippen LogP contribution in [-0.2, 0) is 24.8 Å². The number of carbonyl (C=O) groups excluding carboxylic acids is 2. The fraction of sp³-hybridized carbons (Fsp3) is 0.524. The third kappa shape index (κ3) is 5.13. The molecule has 31 heavy (non-hydrogen) atoms. The second kappa shape index (κ2) is 10.3. The number of hydrogen-bond donors (Lipinski definition) is 3. The molecule has 2 aromatic rings. The summed E-state index contributed by atoms with van der Waals surface area (Å²) in [5.74, 6) is -0.125. The molecule has 2 aliphatic heterocycles. The molecule has 2 aliphatic rings. The van der Waals surface area contributed by atoms with Crippen LogP contribution in [0.3, 0.4) is 0 Å². The lowest BCUT2D eigenvalue weighted by molar-refractivity contribution is -0.122. The van der Waals surface area contributed by atoms with Crippen LogP contribution >= 0.6 is 0 Å². The molecular weight excluding hydrogens is 400 g/mol. The molecule has 10 heteroatoms. The zero-order valence-electron chi connectivity index (χ0n) is 18.0. The van der Waals surface area contributed by atoms with E-state index in [1.165, 1.54) is 12.8 Å². The molecule has 4 heterocycles. The molecule has 2 amide bonds. The minimum atomic E-state index is -0.250. The Kier molecular flexibility index (Phi) is 7.45. The van der Waals surface area contributed by atoms with Crippen LogP contribution in [0, 0.1) is 0 Å². The largest absolute Gasteiger partial charge is 0.483 e. The van der Waals surface area contributed by atoms with Crippen molar-refractivity contribution < 1.29 is 19.5 Å². The number of nitrogens with one attached hydrogen (secondary N) is 2. The number of carboxylic acid groups (broad SMARTS) is 1. The van der Waals surface area contributed by atoms with E-state index >= 15 is 0 Å². The van der Waals surface area contributed by atoms with Gasteiger partial charge in [-0.05, 0) is 51.4 Å². The Hall–Kier alpha value is -3.14. The summed E-state index contributed by atoms with van der Waals surface area (Å²) < 4.78 is 1.82. The zero-order valence-corrected chi connectivity index (χ0v) is 18.0. The molecule has 0 radical (unpaired) electrons. The molecule has 1 saturated heterocycles. The number of nitrogens with zero attached hydrogens (tertiary/aromatic N) is 4. The molecule has 0 bridgehead atoms. The molecule has 1 fully saturated rings. The summed E-state index contributed by atoms with van der Waals surface area (Å²) >= 11 is 0. The van der Waals surface area contributed by atoms with Gasteiger partial charge in [-0.25, -0.2) is 0 Å². The van der Waals surface area contributed by atoms with Crippen LogP contribution in [0.25, 0.3) is 0 Å². The topological polar surface area (TPSA) is 124 Å². The normalized spacial score (nSPS) is 18.1. The number of fused-ring (bicyclic) bond motifs is 1. The highest BCUT2D eigenvalue weighted by molar-refractivity contribution is 5.95. The Bertz CT molecular complexity index is 921. The monoisotopic (exact) mass is 430 g/mol. The molecule has 0 saturated carbocycles. The quantitative estimate of drug-likeness (QED) is 0.605.